The van der Waals surface area contributed by atoms with Gasteiger partial charge in [0.25, 0.3) is 5.91 Å². The lowest BCUT2D eigenvalue weighted by Crippen LogP contribution is -2.19. The molecule has 0 aliphatic carbocycles. The third-order valence-electron chi connectivity index (χ3n) is 19.2. The number of carbonyl (C=O) groups excluding carboxylic acids is 6. The Morgan fingerprint density at radius 2 is 0.800 bits per heavy atom. The molecule has 0 bridgehead atoms. The van der Waals surface area contributed by atoms with Crippen molar-refractivity contribution in [2.75, 3.05) is 82.0 Å². The summed E-state index contributed by atoms with van der Waals surface area (Å²) < 4.78 is 23.0. The molecule has 28 heteroatoms. The van der Waals surface area contributed by atoms with Gasteiger partial charge in [-0.05, 0) is 225 Å². The van der Waals surface area contributed by atoms with Crippen LogP contribution in [0.3, 0.4) is 0 Å². The first-order valence-electron chi connectivity index (χ1n) is 38.0. The van der Waals surface area contributed by atoms with Gasteiger partial charge in [-0.2, -0.15) is 15.3 Å². The number of rotatable bonds is 27. The van der Waals surface area contributed by atoms with E-state index in [0.717, 1.165) is 92.8 Å². The van der Waals surface area contributed by atoms with Crippen molar-refractivity contribution >= 4 is 143 Å². The lowest BCUT2D eigenvalue weighted by Gasteiger charge is -2.14. The van der Waals surface area contributed by atoms with Gasteiger partial charge in [0.05, 0.1) is 106 Å². The number of aromatic nitrogens is 8. The summed E-state index contributed by atoms with van der Waals surface area (Å²) in [5.74, 6) is 2.39. The van der Waals surface area contributed by atoms with Crippen LogP contribution in [0.25, 0.3) is 61.1 Å². The molecule has 0 saturated carbocycles. The molecule has 9 aromatic carbocycles. The number of methoxy groups -OCH3 is 3. The third kappa shape index (κ3) is 22.6. The number of carbonyl (C=O) groups is 6. The number of halogens is 1. The predicted molar refractivity (Wildman–Crippen MR) is 490 cm³/mol. The van der Waals surface area contributed by atoms with Gasteiger partial charge in [0, 0.05) is 85.8 Å². The van der Waals surface area contributed by atoms with E-state index in [2.05, 4.69) is 157 Å². The van der Waals surface area contributed by atoms with E-state index >= 15 is 0 Å². The normalized spacial score (nSPS) is 10.8. The Kier molecular flexibility index (Phi) is 29.4. The number of thiazole rings is 1. The number of nitrogens with one attached hydrogen (secondary N) is 6. The quantitative estimate of drug-likeness (QED) is 0.0261. The minimum atomic E-state index is -0.265. The highest BCUT2D eigenvalue weighted by Crippen LogP contribution is 2.41. The Balaban J connectivity index is 0.000000165. The SMILES string of the molecule is COc1cc(NC(=O)CSCC(=O)Nc2cc(-c3cc(C)c(C)cc3C)nn2-c2ccccc2)cc(OC)c1OC.Cc1cc(C)c(-c2cc(NC(=O)CSCC(=O)Nc3ccc4ncsc4c3)n(-c3ccccc3)n2)cc1C.Cc1cc(C)c(-c2cc(NC(=O)CSc3cccc(NC(=O)c4cncc(Br)c4)c3)n(-c3ccccc3)n2)cc1C. The topological polar surface area (TPSA) is 282 Å². The van der Waals surface area contributed by atoms with E-state index in [-0.39, 0.29) is 64.2 Å². The van der Waals surface area contributed by atoms with Crippen molar-refractivity contribution in [3.63, 3.8) is 0 Å². The molecule has 0 fully saturated rings. The Morgan fingerprint density at radius 1 is 0.392 bits per heavy atom. The fourth-order valence-corrected chi connectivity index (χ4v) is 15.9. The van der Waals surface area contributed by atoms with Crippen molar-refractivity contribution in [3.8, 4) is 68.1 Å². The first-order chi connectivity index (χ1) is 57.9. The van der Waals surface area contributed by atoms with Gasteiger partial charge < -0.3 is 46.1 Å². The number of hydrogen-bond donors (Lipinski definition) is 6. The van der Waals surface area contributed by atoms with Crippen molar-refractivity contribution in [1.82, 2.24) is 39.3 Å². The molecule has 6 amide bonds. The summed E-state index contributed by atoms with van der Waals surface area (Å²) in [6, 6.07) is 65.7. The minimum Gasteiger partial charge on any atom is -0.493 e. The van der Waals surface area contributed by atoms with E-state index in [1.807, 2.05) is 152 Å². The lowest BCUT2D eigenvalue weighted by molar-refractivity contribution is -0.115. The highest BCUT2D eigenvalue weighted by Gasteiger charge is 2.23. The van der Waals surface area contributed by atoms with E-state index in [1.54, 1.807) is 44.0 Å². The maximum Gasteiger partial charge on any atom is 0.257 e. The summed E-state index contributed by atoms with van der Waals surface area (Å²) in [4.78, 5) is 85.7. The van der Waals surface area contributed by atoms with Crippen LogP contribution in [0.5, 0.6) is 17.2 Å². The third-order valence-corrected chi connectivity index (χ3v) is 23.3. The number of fused-ring (bicyclic) bond motifs is 1. The van der Waals surface area contributed by atoms with Crippen LogP contribution in [0.4, 0.5) is 34.5 Å². The number of para-hydroxylation sites is 3. The fraction of sp³-hybridized carbons (Fsp3) is 0.185. The Bertz CT molecular complexity index is 6050. The molecule has 0 spiro atoms. The number of nitrogens with zero attached hydrogens (tertiary/aromatic N) is 8. The molecule has 0 aliphatic heterocycles. The van der Waals surface area contributed by atoms with Gasteiger partial charge >= 0.3 is 0 Å². The maximum atomic E-state index is 13.1. The number of aryl methyl sites for hydroxylation is 9. The number of hydrogen-bond acceptors (Lipinski definition) is 18. The van der Waals surface area contributed by atoms with Crippen molar-refractivity contribution < 1.29 is 43.0 Å². The van der Waals surface area contributed by atoms with E-state index in [9.17, 15) is 28.8 Å². The lowest BCUT2D eigenvalue weighted by atomic mass is 9.99. The van der Waals surface area contributed by atoms with Crippen LogP contribution in [0.15, 0.2) is 234 Å². The Morgan fingerprint density at radius 3 is 1.23 bits per heavy atom. The molecular weight excluding hydrogens is 1650 g/mol. The second-order valence-electron chi connectivity index (χ2n) is 28.1. The summed E-state index contributed by atoms with van der Waals surface area (Å²) >= 11 is 8.71. The van der Waals surface area contributed by atoms with Crippen molar-refractivity contribution in [2.45, 2.75) is 67.2 Å². The molecule has 0 aliphatic rings. The van der Waals surface area contributed by atoms with Crippen molar-refractivity contribution in [3.05, 3.63) is 284 Å². The monoisotopic (exact) mass is 1740 g/mol. The van der Waals surface area contributed by atoms with Crippen LogP contribution in [-0.4, -0.2) is 125 Å². The Labute approximate surface area is 721 Å². The number of thioether (sulfide) groups is 3. The number of pyridine rings is 1. The molecular formula is C92H89BrN14O9S4. The van der Waals surface area contributed by atoms with Crippen LogP contribution >= 0.6 is 62.6 Å². The standard InChI is InChI=1S/C32H28BrN5O2S.C31H34N4O5S.C29H27N5O2S2/c1-20-12-22(3)28(13-21(20)2)29-16-30(38(37-29)26-9-5-4-6-10-26)36-31(39)19-41-27-11-7-8-25(15-27)35-32(40)23-14-24(33)18-34-17-23;1-19-12-21(3)24(13-20(19)2)25-16-28(35(34-25)23-10-8-7-9-11-23)33-30(37)18-41-17-29(36)32-22-14-26(38-4)31(40-6)27(15-22)39-5;1-18-11-20(3)23(12-19(18)2)25-14-27(34(33-25)22-7-5-4-6-8-22)32-29(36)16-37-15-28(35)31-21-9-10-24-26(13-21)38-17-30-24/h4-18H,19H2,1-3H3,(H,35,40)(H,36,39);7-16H,17-18H2,1-6H3,(H,32,36)(H,33,37);4-14,17H,15-16H2,1-3H3,(H,31,35)(H,32,36). The van der Waals surface area contributed by atoms with Gasteiger partial charge in [-0.25, -0.2) is 19.0 Å². The van der Waals surface area contributed by atoms with Gasteiger partial charge in [-0.3, -0.25) is 33.8 Å². The summed E-state index contributed by atoms with van der Waals surface area (Å²) in [5.41, 5.74) is 23.5. The fourth-order valence-electron chi connectivity index (χ4n) is 12.9. The number of anilines is 6. The zero-order valence-corrected chi connectivity index (χ0v) is 73.0. The largest absolute Gasteiger partial charge is 0.493 e. The second-order valence-corrected chi connectivity index (χ2v) is 32.9. The molecule has 5 heterocycles. The van der Waals surface area contributed by atoms with Gasteiger partial charge in [-0.1, -0.05) is 78.9 Å². The molecule has 6 N–H and O–H groups in total. The molecule has 0 atom stereocenters. The van der Waals surface area contributed by atoms with Crippen LogP contribution in [0, 0.1) is 62.3 Å². The summed E-state index contributed by atoms with van der Waals surface area (Å²) in [6.45, 7) is 18.7. The van der Waals surface area contributed by atoms with Gasteiger partial charge in [0.15, 0.2) is 11.5 Å². The number of benzene rings is 9. The molecule has 23 nitrogen and oxygen atoms in total. The first kappa shape index (κ1) is 86.7. The zero-order valence-electron chi connectivity index (χ0n) is 68.2. The zero-order chi connectivity index (χ0) is 85.1. The molecule has 14 rings (SSSR count). The smallest absolute Gasteiger partial charge is 0.257 e. The van der Waals surface area contributed by atoms with Gasteiger partial charge in [-0.15, -0.1) is 46.6 Å². The van der Waals surface area contributed by atoms with Crippen LogP contribution < -0.4 is 46.1 Å². The van der Waals surface area contributed by atoms with Crippen LogP contribution in [-0.2, 0) is 24.0 Å². The molecule has 120 heavy (non-hydrogen) atoms. The maximum absolute atomic E-state index is 13.1. The predicted octanol–water partition coefficient (Wildman–Crippen LogP) is 19.8. The van der Waals surface area contributed by atoms with Crippen LogP contribution in [0.2, 0.25) is 0 Å². The summed E-state index contributed by atoms with van der Waals surface area (Å²) in [7, 11) is 4.53. The van der Waals surface area contributed by atoms with Gasteiger partial charge in [0.1, 0.15) is 17.5 Å². The Hall–Kier alpha value is -12.6. The van der Waals surface area contributed by atoms with Crippen molar-refractivity contribution in [1.29, 1.82) is 0 Å². The molecule has 0 radical (unpaired) electrons. The molecule has 612 valence electrons. The van der Waals surface area contributed by atoms with Crippen molar-refractivity contribution in [2.24, 2.45) is 0 Å². The van der Waals surface area contributed by atoms with Gasteiger partial charge in [0.2, 0.25) is 35.3 Å². The average molecular weight is 1740 g/mol. The average Bonchev–Trinajstić information content (AvgIpc) is 1.66. The molecule has 0 saturated heterocycles. The van der Waals surface area contributed by atoms with E-state index in [1.165, 1.54) is 108 Å². The molecule has 0 unspecified atom stereocenters. The molecule has 14 aromatic rings. The van der Waals surface area contributed by atoms with E-state index in [0.29, 0.717) is 51.6 Å². The van der Waals surface area contributed by atoms with Crippen LogP contribution in [0.1, 0.15) is 60.4 Å². The minimum absolute atomic E-state index is 0.0785. The number of amides is 6. The highest BCUT2D eigenvalue weighted by molar-refractivity contribution is 9.10. The van der Waals surface area contributed by atoms with E-state index < -0.39 is 0 Å². The second kappa shape index (κ2) is 40.7. The summed E-state index contributed by atoms with van der Waals surface area (Å²) in [5, 5.41) is 32.1. The number of ether oxygens (including phenoxy) is 3. The molecule has 5 aromatic heterocycles. The first-order valence-corrected chi connectivity index (χ1v) is 43.0. The summed E-state index contributed by atoms with van der Waals surface area (Å²) in [6.07, 6.45) is 3.13. The highest BCUT2D eigenvalue weighted by atomic mass is 79.9. The van der Waals surface area contributed by atoms with E-state index in [4.69, 9.17) is 29.5 Å².